The molecule has 0 spiro atoms. The van der Waals surface area contributed by atoms with Gasteiger partial charge in [-0.2, -0.15) is 0 Å². The zero-order valence-electron chi connectivity index (χ0n) is 9.04. The molecule has 1 N–H and O–H groups in total. The highest BCUT2D eigenvalue weighted by atomic mass is 14.8. The Morgan fingerprint density at radius 1 is 1.33 bits per heavy atom. The highest BCUT2D eigenvalue weighted by Gasteiger charge is 2.21. The highest BCUT2D eigenvalue weighted by molar-refractivity contribution is 6.05. The Balaban J connectivity index is 2.40. The van der Waals surface area contributed by atoms with Crippen molar-refractivity contribution < 1.29 is 0 Å². The number of H-pyrrole nitrogens is 1. The minimum Gasteiger partial charge on any atom is -0.353 e. The van der Waals surface area contributed by atoms with Crippen LogP contribution >= 0.6 is 0 Å². The van der Waals surface area contributed by atoms with Crippen LogP contribution < -0.4 is 0 Å². The molecule has 0 saturated carbocycles. The molecule has 2 aromatic rings. The predicted octanol–water partition coefficient (Wildman–Crippen LogP) is 3.09. The van der Waals surface area contributed by atoms with E-state index < -0.39 is 0 Å². The van der Waals surface area contributed by atoms with Gasteiger partial charge in [0.2, 0.25) is 0 Å². The third kappa shape index (κ3) is 1.14. The summed E-state index contributed by atoms with van der Waals surface area (Å²) < 4.78 is 0. The van der Waals surface area contributed by atoms with Crippen molar-refractivity contribution >= 4 is 16.6 Å². The first-order chi connectivity index (χ1) is 7.27. The first-order valence-corrected chi connectivity index (χ1v) is 5.39. The van der Waals surface area contributed by atoms with Crippen molar-refractivity contribution in [2.24, 2.45) is 4.99 Å². The van der Waals surface area contributed by atoms with E-state index in [0.29, 0.717) is 5.92 Å². The van der Waals surface area contributed by atoms with E-state index in [-0.39, 0.29) is 0 Å². The number of fused-ring (bicyclic) bond motifs is 3. The average molecular weight is 198 g/mol. The largest absolute Gasteiger partial charge is 0.353 e. The van der Waals surface area contributed by atoms with Crippen molar-refractivity contribution in [1.29, 1.82) is 0 Å². The maximum Gasteiger partial charge on any atom is 0.0638 e. The molecule has 2 heterocycles. The number of hydrogen-bond acceptors (Lipinski definition) is 1. The van der Waals surface area contributed by atoms with Crippen LogP contribution in [0.4, 0.5) is 0 Å². The molecule has 1 aromatic carbocycles. The second-order valence-electron chi connectivity index (χ2n) is 4.29. The van der Waals surface area contributed by atoms with Gasteiger partial charge in [-0.25, -0.2) is 0 Å². The van der Waals surface area contributed by atoms with Crippen LogP contribution in [0.5, 0.6) is 0 Å². The number of para-hydroxylation sites is 1. The molecule has 1 aliphatic heterocycles. The van der Waals surface area contributed by atoms with Crippen LogP contribution in [0.1, 0.15) is 31.0 Å². The normalized spacial score (nSPS) is 20.1. The van der Waals surface area contributed by atoms with Crippen molar-refractivity contribution in [3.8, 4) is 0 Å². The number of nitrogens with one attached hydrogen (secondary N) is 1. The average Bonchev–Trinajstić information content (AvgIpc) is 2.64. The zero-order chi connectivity index (χ0) is 10.4. The molecule has 0 unspecified atom stereocenters. The van der Waals surface area contributed by atoms with E-state index in [2.05, 4.69) is 48.1 Å². The summed E-state index contributed by atoms with van der Waals surface area (Å²) in [5.41, 5.74) is 5.04. The van der Waals surface area contributed by atoms with Crippen LogP contribution in [0.25, 0.3) is 10.9 Å². The van der Waals surface area contributed by atoms with E-state index in [4.69, 9.17) is 0 Å². The summed E-state index contributed by atoms with van der Waals surface area (Å²) in [6, 6.07) is 8.50. The summed E-state index contributed by atoms with van der Waals surface area (Å²) in [5.74, 6) is 0.528. The van der Waals surface area contributed by atoms with E-state index in [1.807, 2.05) is 0 Å². The monoisotopic (exact) mass is 198 g/mol. The smallest absolute Gasteiger partial charge is 0.0638 e. The second kappa shape index (κ2) is 2.96. The Hall–Kier alpha value is -1.57. The van der Waals surface area contributed by atoms with Crippen LogP contribution in [-0.4, -0.2) is 17.2 Å². The molecule has 15 heavy (non-hydrogen) atoms. The van der Waals surface area contributed by atoms with E-state index in [0.717, 1.165) is 12.3 Å². The molecule has 76 valence electrons. The van der Waals surface area contributed by atoms with Gasteiger partial charge in [0.1, 0.15) is 0 Å². The molecule has 2 nitrogen and oxygen atoms in total. The standard InChI is InChI=1S/C13H14N2/c1-8-7-14-9(2)13-12(8)10-5-3-4-6-11(10)15-13/h3-6,8,15H,7H2,1-2H3/t8-/m0/s1. The lowest BCUT2D eigenvalue weighted by molar-refractivity contribution is 0.765. The molecule has 1 aromatic heterocycles. The fraction of sp³-hybridized carbons (Fsp3) is 0.308. The van der Waals surface area contributed by atoms with E-state index in [9.17, 15) is 0 Å². The van der Waals surface area contributed by atoms with Crippen LogP contribution in [-0.2, 0) is 0 Å². The number of nitrogens with zero attached hydrogens (tertiary/aromatic N) is 1. The SMILES string of the molecule is CC1=NC[C@H](C)c2c1[nH]c1ccccc21. The minimum atomic E-state index is 0.528. The summed E-state index contributed by atoms with van der Waals surface area (Å²) in [4.78, 5) is 8.00. The number of rotatable bonds is 0. The third-order valence-corrected chi connectivity index (χ3v) is 3.20. The van der Waals surface area contributed by atoms with E-state index in [1.165, 1.54) is 22.2 Å². The molecule has 0 amide bonds. The topological polar surface area (TPSA) is 28.1 Å². The van der Waals surface area contributed by atoms with Gasteiger partial charge in [0.25, 0.3) is 0 Å². The van der Waals surface area contributed by atoms with Gasteiger partial charge < -0.3 is 4.98 Å². The predicted molar refractivity (Wildman–Crippen MR) is 63.8 cm³/mol. The molecule has 0 fully saturated rings. The summed E-state index contributed by atoms with van der Waals surface area (Å²) in [5, 5.41) is 1.36. The first kappa shape index (κ1) is 8.72. The number of aromatic nitrogens is 1. The van der Waals surface area contributed by atoms with Gasteiger partial charge >= 0.3 is 0 Å². The molecule has 0 aliphatic carbocycles. The molecule has 2 heteroatoms. The first-order valence-electron chi connectivity index (χ1n) is 5.39. The molecule has 3 rings (SSSR count). The van der Waals surface area contributed by atoms with Gasteiger partial charge in [0.05, 0.1) is 11.4 Å². The second-order valence-corrected chi connectivity index (χ2v) is 4.29. The van der Waals surface area contributed by atoms with Crippen LogP contribution in [0, 0.1) is 0 Å². The molecule has 0 bridgehead atoms. The van der Waals surface area contributed by atoms with Gasteiger partial charge in [-0.1, -0.05) is 25.1 Å². The highest BCUT2D eigenvalue weighted by Crippen LogP contribution is 2.32. The maximum atomic E-state index is 4.53. The van der Waals surface area contributed by atoms with E-state index in [1.54, 1.807) is 0 Å². The van der Waals surface area contributed by atoms with Crippen LogP contribution in [0.15, 0.2) is 29.3 Å². The summed E-state index contributed by atoms with van der Waals surface area (Å²) >= 11 is 0. The Morgan fingerprint density at radius 3 is 3.00 bits per heavy atom. The van der Waals surface area contributed by atoms with Gasteiger partial charge in [-0.3, -0.25) is 4.99 Å². The van der Waals surface area contributed by atoms with Crippen LogP contribution in [0.2, 0.25) is 0 Å². The third-order valence-electron chi connectivity index (χ3n) is 3.20. The lowest BCUT2D eigenvalue weighted by Crippen LogP contribution is -2.12. The Labute approximate surface area is 89.0 Å². The fourth-order valence-electron chi connectivity index (χ4n) is 2.41. The van der Waals surface area contributed by atoms with Gasteiger partial charge in [-0.05, 0) is 18.6 Å². The Kier molecular flexibility index (Phi) is 1.72. The summed E-state index contributed by atoms with van der Waals surface area (Å²) in [6.45, 7) is 5.25. The lowest BCUT2D eigenvalue weighted by Gasteiger charge is -2.16. The number of hydrogen-bond donors (Lipinski definition) is 1. The van der Waals surface area contributed by atoms with Gasteiger partial charge in [0.15, 0.2) is 0 Å². The quantitative estimate of drug-likeness (QED) is 0.674. The summed E-state index contributed by atoms with van der Waals surface area (Å²) in [7, 11) is 0. The van der Waals surface area contributed by atoms with Crippen molar-refractivity contribution in [1.82, 2.24) is 4.98 Å². The maximum absolute atomic E-state index is 4.53. The molecule has 1 atom stereocenters. The molecule has 1 aliphatic rings. The lowest BCUT2D eigenvalue weighted by atomic mass is 9.94. The fourth-order valence-corrected chi connectivity index (χ4v) is 2.41. The number of aromatic amines is 1. The van der Waals surface area contributed by atoms with Crippen molar-refractivity contribution in [3.63, 3.8) is 0 Å². The Bertz CT molecular complexity index is 549. The van der Waals surface area contributed by atoms with Crippen molar-refractivity contribution in [2.45, 2.75) is 19.8 Å². The summed E-state index contributed by atoms with van der Waals surface area (Å²) in [6.07, 6.45) is 0. The van der Waals surface area contributed by atoms with Crippen molar-refractivity contribution in [3.05, 3.63) is 35.5 Å². The minimum absolute atomic E-state index is 0.528. The number of aliphatic imine (C=N–C) groups is 1. The van der Waals surface area contributed by atoms with Crippen LogP contribution in [0.3, 0.4) is 0 Å². The molecule has 0 saturated heterocycles. The van der Waals surface area contributed by atoms with Crippen molar-refractivity contribution in [2.75, 3.05) is 6.54 Å². The molecule has 0 radical (unpaired) electrons. The van der Waals surface area contributed by atoms with Gasteiger partial charge in [0, 0.05) is 23.4 Å². The van der Waals surface area contributed by atoms with Gasteiger partial charge in [-0.15, -0.1) is 0 Å². The number of benzene rings is 1. The van der Waals surface area contributed by atoms with E-state index >= 15 is 0 Å². The Morgan fingerprint density at radius 2 is 2.13 bits per heavy atom. The molecular formula is C13H14N2. The molecular weight excluding hydrogens is 184 g/mol. The zero-order valence-corrected chi connectivity index (χ0v) is 9.04.